The Hall–Kier alpha value is -2.21. The van der Waals surface area contributed by atoms with Crippen LogP contribution < -0.4 is 14.8 Å². The standard InChI is InChI=1S/C19H22FNO3S/c1-13-8-17(23-2)18(24-3)9-15(13)11-25-12-19(22)21-10-14-6-4-5-7-16(14)20/h4-9H,10-12H2,1-3H3,(H,21,22). The number of ether oxygens (including phenoxy) is 2. The molecule has 0 unspecified atom stereocenters. The van der Waals surface area contributed by atoms with Gasteiger partial charge in [0.1, 0.15) is 5.82 Å². The van der Waals surface area contributed by atoms with Gasteiger partial charge in [0.25, 0.3) is 0 Å². The van der Waals surface area contributed by atoms with E-state index < -0.39 is 0 Å². The average molecular weight is 363 g/mol. The minimum atomic E-state index is -0.309. The second-order valence-corrected chi connectivity index (χ2v) is 6.48. The zero-order chi connectivity index (χ0) is 18.2. The maximum absolute atomic E-state index is 13.5. The fourth-order valence-electron chi connectivity index (χ4n) is 2.32. The van der Waals surface area contributed by atoms with Crippen LogP contribution in [0.2, 0.25) is 0 Å². The molecule has 0 bridgehead atoms. The summed E-state index contributed by atoms with van der Waals surface area (Å²) in [5.74, 6) is 1.92. The first-order valence-electron chi connectivity index (χ1n) is 7.84. The smallest absolute Gasteiger partial charge is 0.230 e. The summed E-state index contributed by atoms with van der Waals surface area (Å²) in [7, 11) is 3.20. The third-order valence-corrected chi connectivity index (χ3v) is 4.75. The molecule has 0 atom stereocenters. The Balaban J connectivity index is 1.84. The number of hydrogen-bond acceptors (Lipinski definition) is 4. The highest BCUT2D eigenvalue weighted by Gasteiger charge is 2.10. The van der Waals surface area contributed by atoms with E-state index in [-0.39, 0.29) is 18.3 Å². The number of hydrogen-bond donors (Lipinski definition) is 1. The van der Waals surface area contributed by atoms with Crippen LogP contribution in [0, 0.1) is 12.7 Å². The molecule has 4 nitrogen and oxygen atoms in total. The van der Waals surface area contributed by atoms with Crippen molar-refractivity contribution in [3.63, 3.8) is 0 Å². The number of carbonyl (C=O) groups excluding carboxylic acids is 1. The Morgan fingerprint density at radius 1 is 1.12 bits per heavy atom. The molecule has 0 aliphatic heterocycles. The largest absolute Gasteiger partial charge is 0.493 e. The molecule has 0 saturated carbocycles. The topological polar surface area (TPSA) is 47.6 Å². The van der Waals surface area contributed by atoms with Gasteiger partial charge in [-0.25, -0.2) is 4.39 Å². The number of amides is 1. The average Bonchev–Trinajstić information content (AvgIpc) is 2.62. The Kier molecular flexibility index (Phi) is 7.13. The normalized spacial score (nSPS) is 10.4. The third kappa shape index (κ3) is 5.39. The molecule has 0 aromatic heterocycles. The first-order chi connectivity index (χ1) is 12.0. The summed E-state index contributed by atoms with van der Waals surface area (Å²) in [6.07, 6.45) is 0. The molecule has 1 amide bonds. The molecule has 0 radical (unpaired) electrons. The molecule has 134 valence electrons. The molecule has 2 aromatic rings. The fraction of sp³-hybridized carbons (Fsp3) is 0.316. The van der Waals surface area contributed by atoms with E-state index in [1.165, 1.54) is 17.8 Å². The quantitative estimate of drug-likeness (QED) is 0.777. The van der Waals surface area contributed by atoms with Gasteiger partial charge in [0, 0.05) is 17.9 Å². The summed E-state index contributed by atoms with van der Waals surface area (Å²) in [6.45, 7) is 2.19. The number of rotatable bonds is 8. The molecule has 1 N–H and O–H groups in total. The number of aryl methyl sites for hydroxylation is 1. The molecule has 6 heteroatoms. The van der Waals surface area contributed by atoms with Crippen LogP contribution in [0.5, 0.6) is 11.5 Å². The second kappa shape index (κ2) is 9.32. The zero-order valence-corrected chi connectivity index (χ0v) is 15.4. The van der Waals surface area contributed by atoms with Gasteiger partial charge in [-0.2, -0.15) is 0 Å². The molecule has 0 spiro atoms. The van der Waals surface area contributed by atoms with Crippen molar-refractivity contribution in [2.24, 2.45) is 0 Å². The predicted octanol–water partition coefficient (Wildman–Crippen LogP) is 3.70. The fourth-order valence-corrected chi connectivity index (χ4v) is 3.24. The van der Waals surface area contributed by atoms with E-state index in [1.807, 2.05) is 19.1 Å². The van der Waals surface area contributed by atoms with E-state index in [0.717, 1.165) is 11.1 Å². The van der Waals surface area contributed by atoms with Crippen molar-refractivity contribution in [1.82, 2.24) is 5.32 Å². The monoisotopic (exact) mass is 363 g/mol. The van der Waals surface area contributed by atoms with Crippen LogP contribution in [0.25, 0.3) is 0 Å². The lowest BCUT2D eigenvalue weighted by Crippen LogP contribution is -2.25. The van der Waals surface area contributed by atoms with E-state index in [0.29, 0.717) is 28.6 Å². The summed E-state index contributed by atoms with van der Waals surface area (Å²) < 4.78 is 24.1. The lowest BCUT2D eigenvalue weighted by atomic mass is 10.1. The molecule has 2 rings (SSSR count). The number of halogens is 1. The van der Waals surface area contributed by atoms with E-state index in [1.54, 1.807) is 32.4 Å². The van der Waals surface area contributed by atoms with Crippen LogP contribution in [0.4, 0.5) is 4.39 Å². The molecule has 0 fully saturated rings. The molecule has 25 heavy (non-hydrogen) atoms. The lowest BCUT2D eigenvalue weighted by Gasteiger charge is -2.12. The SMILES string of the molecule is COc1cc(C)c(CSCC(=O)NCc2ccccc2F)cc1OC. The molecule has 2 aromatic carbocycles. The minimum Gasteiger partial charge on any atom is -0.493 e. The maximum atomic E-state index is 13.5. The van der Waals surface area contributed by atoms with Crippen molar-refractivity contribution in [3.8, 4) is 11.5 Å². The van der Waals surface area contributed by atoms with E-state index in [4.69, 9.17) is 9.47 Å². The van der Waals surface area contributed by atoms with Crippen LogP contribution in [-0.4, -0.2) is 25.9 Å². The first-order valence-corrected chi connectivity index (χ1v) is 9.00. The second-order valence-electron chi connectivity index (χ2n) is 5.49. The van der Waals surface area contributed by atoms with Gasteiger partial charge < -0.3 is 14.8 Å². The summed E-state index contributed by atoms with van der Waals surface area (Å²) >= 11 is 1.50. The van der Waals surface area contributed by atoms with Gasteiger partial charge in [0.2, 0.25) is 5.91 Å². The van der Waals surface area contributed by atoms with Crippen molar-refractivity contribution in [2.45, 2.75) is 19.2 Å². The maximum Gasteiger partial charge on any atom is 0.230 e. The molecule has 0 heterocycles. The zero-order valence-electron chi connectivity index (χ0n) is 14.6. The lowest BCUT2D eigenvalue weighted by molar-refractivity contribution is -0.118. The Labute approximate surface area is 151 Å². The van der Waals surface area contributed by atoms with Crippen molar-refractivity contribution in [3.05, 3.63) is 58.9 Å². The molecular weight excluding hydrogens is 341 g/mol. The molecule has 0 saturated heterocycles. The third-order valence-electron chi connectivity index (χ3n) is 3.77. The molecular formula is C19H22FNO3S. The Morgan fingerprint density at radius 3 is 2.48 bits per heavy atom. The number of nitrogens with one attached hydrogen (secondary N) is 1. The van der Waals surface area contributed by atoms with Gasteiger partial charge in [0.15, 0.2) is 11.5 Å². The van der Waals surface area contributed by atoms with E-state index >= 15 is 0 Å². The highest BCUT2D eigenvalue weighted by Crippen LogP contribution is 2.31. The highest BCUT2D eigenvalue weighted by molar-refractivity contribution is 7.99. The van der Waals surface area contributed by atoms with Crippen molar-refractivity contribution in [1.29, 1.82) is 0 Å². The van der Waals surface area contributed by atoms with Crippen LogP contribution in [0.3, 0.4) is 0 Å². The van der Waals surface area contributed by atoms with Crippen LogP contribution in [-0.2, 0) is 17.1 Å². The minimum absolute atomic E-state index is 0.119. The summed E-state index contributed by atoms with van der Waals surface area (Å²) in [4.78, 5) is 11.9. The first kappa shape index (κ1) is 19.1. The van der Waals surface area contributed by atoms with E-state index in [2.05, 4.69) is 5.32 Å². The van der Waals surface area contributed by atoms with Crippen molar-refractivity contribution in [2.75, 3.05) is 20.0 Å². The van der Waals surface area contributed by atoms with Gasteiger partial charge in [-0.05, 0) is 36.2 Å². The van der Waals surface area contributed by atoms with E-state index in [9.17, 15) is 9.18 Å². The Bertz CT molecular complexity index is 737. The number of carbonyl (C=O) groups is 1. The highest BCUT2D eigenvalue weighted by atomic mass is 32.2. The van der Waals surface area contributed by atoms with Crippen molar-refractivity contribution < 1.29 is 18.7 Å². The van der Waals surface area contributed by atoms with Crippen LogP contribution in [0.1, 0.15) is 16.7 Å². The molecule has 0 aliphatic rings. The van der Waals surface area contributed by atoms with Crippen LogP contribution >= 0.6 is 11.8 Å². The van der Waals surface area contributed by atoms with Gasteiger partial charge in [-0.15, -0.1) is 11.8 Å². The predicted molar refractivity (Wildman–Crippen MR) is 98.7 cm³/mol. The summed E-state index contributed by atoms with van der Waals surface area (Å²) in [5, 5.41) is 2.74. The van der Waals surface area contributed by atoms with Gasteiger partial charge >= 0.3 is 0 Å². The number of benzene rings is 2. The van der Waals surface area contributed by atoms with Crippen molar-refractivity contribution >= 4 is 17.7 Å². The van der Waals surface area contributed by atoms with Crippen LogP contribution in [0.15, 0.2) is 36.4 Å². The Morgan fingerprint density at radius 2 is 1.80 bits per heavy atom. The summed E-state index contributed by atoms with van der Waals surface area (Å²) in [6, 6.07) is 10.3. The van der Waals surface area contributed by atoms with Gasteiger partial charge in [-0.3, -0.25) is 4.79 Å². The summed E-state index contributed by atoms with van der Waals surface area (Å²) in [5.41, 5.74) is 2.65. The van der Waals surface area contributed by atoms with Gasteiger partial charge in [-0.1, -0.05) is 18.2 Å². The number of methoxy groups -OCH3 is 2. The number of thioether (sulfide) groups is 1. The van der Waals surface area contributed by atoms with Gasteiger partial charge in [0.05, 0.1) is 20.0 Å². The molecule has 0 aliphatic carbocycles.